The van der Waals surface area contributed by atoms with Gasteiger partial charge in [0, 0.05) is 12.8 Å². The van der Waals surface area contributed by atoms with Gasteiger partial charge >= 0.3 is 0 Å². The quantitative estimate of drug-likeness (QED) is 0.711. The van der Waals surface area contributed by atoms with Crippen LogP contribution in [0.5, 0.6) is 0 Å². The van der Waals surface area contributed by atoms with Crippen molar-refractivity contribution in [3.05, 3.63) is 17.8 Å². The number of nitrogens with zero attached hydrogens (tertiary/aromatic N) is 1. The predicted molar refractivity (Wildman–Crippen MR) is 53.3 cm³/mol. The van der Waals surface area contributed by atoms with E-state index in [1.54, 1.807) is 6.92 Å². The number of Topliss-reactive ketones (excluding diaryl/α,β-unsaturated/α-hetero) is 1. The highest BCUT2D eigenvalue weighted by Crippen LogP contribution is 2.07. The molecule has 0 atom stereocenters. The Hall–Kier alpha value is -1.65. The zero-order valence-corrected chi connectivity index (χ0v) is 8.66. The zero-order valence-electron chi connectivity index (χ0n) is 8.66. The minimum atomic E-state index is -0.589. The van der Waals surface area contributed by atoms with E-state index in [2.05, 4.69) is 4.98 Å². The topological polar surface area (TPSA) is 86.2 Å². The van der Waals surface area contributed by atoms with Crippen LogP contribution in [0.1, 0.15) is 42.6 Å². The largest absolute Gasteiger partial charge is 0.448 e. The van der Waals surface area contributed by atoms with E-state index in [-0.39, 0.29) is 11.5 Å². The second kappa shape index (κ2) is 5.29. The molecule has 1 aromatic rings. The molecular formula is C10H14N2O3. The number of amides is 1. The summed E-state index contributed by atoms with van der Waals surface area (Å²) in [6.45, 7) is 1.57. The molecule has 0 bridgehead atoms. The highest BCUT2D eigenvalue weighted by atomic mass is 16.3. The molecule has 2 N–H and O–H groups in total. The molecule has 5 heteroatoms. The van der Waals surface area contributed by atoms with Gasteiger partial charge < -0.3 is 14.9 Å². The Balaban J connectivity index is 2.31. The Morgan fingerprint density at radius 3 is 2.73 bits per heavy atom. The van der Waals surface area contributed by atoms with Crippen LogP contribution in [0.15, 0.2) is 10.7 Å². The van der Waals surface area contributed by atoms with E-state index < -0.39 is 5.91 Å². The van der Waals surface area contributed by atoms with Crippen LogP contribution in [0.25, 0.3) is 0 Å². The van der Waals surface area contributed by atoms with Crippen molar-refractivity contribution in [2.24, 2.45) is 5.73 Å². The number of unbranched alkanes of at least 4 members (excludes halogenated alkanes) is 1. The summed E-state index contributed by atoms with van der Waals surface area (Å²) in [6.07, 6.45) is 4.08. The summed E-state index contributed by atoms with van der Waals surface area (Å²) in [4.78, 5) is 25.2. The lowest BCUT2D eigenvalue weighted by molar-refractivity contribution is -0.117. The summed E-state index contributed by atoms with van der Waals surface area (Å²) in [7, 11) is 0. The zero-order chi connectivity index (χ0) is 11.3. The summed E-state index contributed by atoms with van der Waals surface area (Å²) in [5, 5.41) is 0. The fraction of sp³-hybridized carbons (Fsp3) is 0.500. The number of aromatic nitrogens is 1. The fourth-order valence-electron chi connectivity index (χ4n) is 1.19. The second-order valence-electron chi connectivity index (χ2n) is 3.40. The maximum absolute atomic E-state index is 10.7. The Morgan fingerprint density at radius 1 is 1.47 bits per heavy atom. The summed E-state index contributed by atoms with van der Waals surface area (Å²) in [5.74, 6) is 0.0846. The number of hydrogen-bond donors (Lipinski definition) is 1. The molecule has 0 saturated carbocycles. The standard InChI is InChI=1S/C10H14N2O3/c1-7(13)4-2-3-5-9-12-8(6-15-9)10(11)14/h6H,2-5H2,1H3,(H2,11,14). The Kier molecular flexibility index (Phi) is 4.03. The van der Waals surface area contributed by atoms with Gasteiger partial charge in [-0.15, -0.1) is 0 Å². The molecule has 1 heterocycles. The SMILES string of the molecule is CC(=O)CCCCc1nc(C(N)=O)co1. The molecule has 0 aromatic carbocycles. The first-order valence-electron chi connectivity index (χ1n) is 4.83. The van der Waals surface area contributed by atoms with Crippen molar-refractivity contribution in [2.45, 2.75) is 32.6 Å². The van der Waals surface area contributed by atoms with Gasteiger partial charge in [0.15, 0.2) is 11.6 Å². The van der Waals surface area contributed by atoms with Crippen molar-refractivity contribution in [1.82, 2.24) is 4.98 Å². The first-order chi connectivity index (χ1) is 7.09. The van der Waals surface area contributed by atoms with Crippen molar-refractivity contribution < 1.29 is 14.0 Å². The van der Waals surface area contributed by atoms with Crippen LogP contribution in [0.4, 0.5) is 0 Å². The van der Waals surface area contributed by atoms with Crippen LogP contribution in [-0.4, -0.2) is 16.7 Å². The minimum absolute atomic E-state index is 0.150. The van der Waals surface area contributed by atoms with Crippen LogP contribution >= 0.6 is 0 Å². The third-order valence-corrected chi connectivity index (χ3v) is 1.97. The normalized spacial score (nSPS) is 10.2. The number of ketones is 1. The van der Waals surface area contributed by atoms with Gasteiger partial charge in [0.05, 0.1) is 0 Å². The molecule has 15 heavy (non-hydrogen) atoms. The molecule has 0 saturated heterocycles. The first-order valence-corrected chi connectivity index (χ1v) is 4.83. The average molecular weight is 210 g/mol. The number of oxazole rings is 1. The lowest BCUT2D eigenvalue weighted by Crippen LogP contribution is -2.11. The van der Waals surface area contributed by atoms with E-state index in [9.17, 15) is 9.59 Å². The van der Waals surface area contributed by atoms with E-state index >= 15 is 0 Å². The van der Waals surface area contributed by atoms with Gasteiger partial charge in [-0.25, -0.2) is 4.98 Å². The Bertz CT molecular complexity index is 357. The Morgan fingerprint density at radius 2 is 2.20 bits per heavy atom. The number of carbonyl (C=O) groups is 2. The first kappa shape index (κ1) is 11.4. The van der Waals surface area contributed by atoms with E-state index in [4.69, 9.17) is 10.2 Å². The van der Waals surface area contributed by atoms with Crippen LogP contribution < -0.4 is 5.73 Å². The van der Waals surface area contributed by atoms with Crippen LogP contribution in [0, 0.1) is 0 Å². The number of rotatable bonds is 6. The highest BCUT2D eigenvalue weighted by molar-refractivity contribution is 5.90. The van der Waals surface area contributed by atoms with Gasteiger partial charge in [0.25, 0.3) is 5.91 Å². The highest BCUT2D eigenvalue weighted by Gasteiger charge is 2.07. The van der Waals surface area contributed by atoms with Gasteiger partial charge in [-0.2, -0.15) is 0 Å². The third-order valence-electron chi connectivity index (χ3n) is 1.97. The van der Waals surface area contributed by atoms with Crippen molar-refractivity contribution >= 4 is 11.7 Å². The lowest BCUT2D eigenvalue weighted by atomic mass is 10.1. The Labute approximate surface area is 87.7 Å². The van der Waals surface area contributed by atoms with E-state index in [0.29, 0.717) is 18.7 Å². The lowest BCUT2D eigenvalue weighted by Gasteiger charge is -1.94. The predicted octanol–water partition coefficient (Wildman–Crippen LogP) is 1.08. The summed E-state index contributed by atoms with van der Waals surface area (Å²) in [5.41, 5.74) is 5.17. The smallest absolute Gasteiger partial charge is 0.270 e. The van der Waals surface area contributed by atoms with Crippen molar-refractivity contribution in [2.75, 3.05) is 0 Å². The summed E-state index contributed by atoms with van der Waals surface area (Å²) in [6, 6.07) is 0. The van der Waals surface area contributed by atoms with Crippen LogP contribution in [-0.2, 0) is 11.2 Å². The van der Waals surface area contributed by atoms with Gasteiger partial charge in [-0.05, 0) is 19.8 Å². The van der Waals surface area contributed by atoms with Crippen LogP contribution in [0.3, 0.4) is 0 Å². The molecule has 0 aliphatic rings. The molecule has 82 valence electrons. The average Bonchev–Trinajstić information content (AvgIpc) is 2.60. The van der Waals surface area contributed by atoms with Crippen molar-refractivity contribution in [3.63, 3.8) is 0 Å². The van der Waals surface area contributed by atoms with Gasteiger partial charge in [0.1, 0.15) is 12.0 Å². The maximum Gasteiger partial charge on any atom is 0.270 e. The number of carbonyl (C=O) groups excluding carboxylic acids is 2. The molecular weight excluding hydrogens is 196 g/mol. The molecule has 0 aliphatic carbocycles. The fourth-order valence-corrected chi connectivity index (χ4v) is 1.19. The van der Waals surface area contributed by atoms with Crippen LogP contribution in [0.2, 0.25) is 0 Å². The molecule has 1 aromatic heterocycles. The molecule has 0 radical (unpaired) electrons. The molecule has 0 unspecified atom stereocenters. The van der Waals surface area contributed by atoms with Gasteiger partial charge in [0.2, 0.25) is 0 Å². The van der Waals surface area contributed by atoms with Gasteiger partial charge in [-0.1, -0.05) is 0 Å². The van der Waals surface area contributed by atoms with Crippen molar-refractivity contribution in [1.29, 1.82) is 0 Å². The number of hydrogen-bond acceptors (Lipinski definition) is 4. The number of aryl methyl sites for hydroxylation is 1. The summed E-state index contributed by atoms with van der Waals surface area (Å²) < 4.78 is 5.04. The summed E-state index contributed by atoms with van der Waals surface area (Å²) >= 11 is 0. The second-order valence-corrected chi connectivity index (χ2v) is 3.40. The maximum atomic E-state index is 10.7. The van der Waals surface area contributed by atoms with E-state index in [1.807, 2.05) is 0 Å². The number of primary amides is 1. The van der Waals surface area contributed by atoms with Gasteiger partial charge in [-0.3, -0.25) is 4.79 Å². The monoisotopic (exact) mass is 210 g/mol. The molecule has 0 spiro atoms. The molecule has 0 aliphatic heterocycles. The minimum Gasteiger partial charge on any atom is -0.448 e. The third kappa shape index (κ3) is 3.93. The molecule has 1 amide bonds. The van der Waals surface area contributed by atoms with E-state index in [0.717, 1.165) is 12.8 Å². The molecule has 5 nitrogen and oxygen atoms in total. The molecule has 1 rings (SSSR count). The number of nitrogens with two attached hydrogens (primary N) is 1. The van der Waals surface area contributed by atoms with Crippen molar-refractivity contribution in [3.8, 4) is 0 Å². The molecule has 0 fully saturated rings. The van der Waals surface area contributed by atoms with E-state index in [1.165, 1.54) is 6.26 Å².